The maximum absolute atomic E-state index is 5.29. The molecule has 0 aliphatic rings. The van der Waals surface area contributed by atoms with Gasteiger partial charge in [-0.25, -0.2) is 9.98 Å². The SMILES string of the molecule is C=NC(=Nc1c(-c2ccccc2NC)c2c3ccc4ccccc4c3sc2c2ccccc12)c1ccccc1. The van der Waals surface area contributed by atoms with E-state index in [0.717, 1.165) is 33.5 Å². The van der Waals surface area contributed by atoms with Crippen molar-refractivity contribution in [3.8, 4) is 11.1 Å². The molecule has 0 unspecified atom stereocenters. The molecule has 1 N–H and O–H groups in total. The van der Waals surface area contributed by atoms with Crippen LogP contribution in [0.4, 0.5) is 11.4 Å². The number of para-hydroxylation sites is 1. The van der Waals surface area contributed by atoms with E-state index in [0.29, 0.717) is 5.84 Å². The lowest BCUT2D eigenvalue weighted by molar-refractivity contribution is 1.47. The standard InChI is InChI=1S/C35H25N3S/c1-36-29-19-11-10-18-27(29)30-31-28-21-20-22-12-6-7-15-24(22)33(28)39-34(31)26-17-9-8-16-25(26)32(30)38-35(37-2)23-13-4-3-5-14-23/h3-21,36H,2H2,1H3. The van der Waals surface area contributed by atoms with Gasteiger partial charge in [0.1, 0.15) is 0 Å². The minimum atomic E-state index is 0.605. The van der Waals surface area contributed by atoms with Crippen molar-refractivity contribution in [3.05, 3.63) is 121 Å². The number of rotatable bonds is 4. The lowest BCUT2D eigenvalue weighted by Gasteiger charge is -2.17. The molecule has 3 nitrogen and oxygen atoms in total. The van der Waals surface area contributed by atoms with Crippen LogP contribution in [0.15, 0.2) is 125 Å². The summed E-state index contributed by atoms with van der Waals surface area (Å²) in [6, 6.07) is 40.3. The molecule has 0 aliphatic carbocycles. The van der Waals surface area contributed by atoms with E-state index in [9.17, 15) is 0 Å². The predicted octanol–water partition coefficient (Wildman–Crippen LogP) is 9.85. The fourth-order valence-corrected chi connectivity index (χ4v) is 6.97. The van der Waals surface area contributed by atoms with Gasteiger partial charge in [0.25, 0.3) is 0 Å². The summed E-state index contributed by atoms with van der Waals surface area (Å²) in [5, 5.41) is 10.7. The van der Waals surface area contributed by atoms with Crippen molar-refractivity contribution in [2.24, 2.45) is 9.98 Å². The number of nitrogens with one attached hydrogen (secondary N) is 1. The minimum Gasteiger partial charge on any atom is -0.388 e. The zero-order chi connectivity index (χ0) is 26.3. The summed E-state index contributed by atoms with van der Waals surface area (Å²) in [6.07, 6.45) is 0. The summed E-state index contributed by atoms with van der Waals surface area (Å²) in [5.41, 5.74) is 5.11. The van der Waals surface area contributed by atoms with Crippen LogP contribution in [0, 0.1) is 0 Å². The van der Waals surface area contributed by atoms with E-state index < -0.39 is 0 Å². The summed E-state index contributed by atoms with van der Waals surface area (Å²) in [6.45, 7) is 3.90. The van der Waals surface area contributed by atoms with Gasteiger partial charge in [0.2, 0.25) is 0 Å². The first-order chi connectivity index (χ1) is 19.3. The van der Waals surface area contributed by atoms with Crippen molar-refractivity contribution < 1.29 is 0 Å². The summed E-state index contributed by atoms with van der Waals surface area (Å²) in [4.78, 5) is 9.69. The molecule has 0 saturated heterocycles. The third kappa shape index (κ3) is 3.72. The average Bonchev–Trinajstić information content (AvgIpc) is 3.40. The fraction of sp³-hybridized carbons (Fsp3) is 0.0286. The first kappa shape index (κ1) is 23.3. The molecule has 0 aliphatic heterocycles. The number of anilines is 1. The largest absolute Gasteiger partial charge is 0.388 e. The Morgan fingerprint density at radius 1 is 0.667 bits per heavy atom. The topological polar surface area (TPSA) is 36.8 Å². The van der Waals surface area contributed by atoms with Crippen molar-refractivity contribution in [2.75, 3.05) is 12.4 Å². The number of hydrogen-bond acceptors (Lipinski definition) is 3. The van der Waals surface area contributed by atoms with Gasteiger partial charge in [0, 0.05) is 60.4 Å². The van der Waals surface area contributed by atoms with E-state index in [-0.39, 0.29) is 0 Å². The van der Waals surface area contributed by atoms with Gasteiger partial charge >= 0.3 is 0 Å². The summed E-state index contributed by atoms with van der Waals surface area (Å²) < 4.78 is 2.56. The molecule has 0 spiro atoms. The molecule has 0 bridgehead atoms. The van der Waals surface area contributed by atoms with Gasteiger partial charge in [-0.05, 0) is 23.6 Å². The number of fused-ring (bicyclic) bond motifs is 7. The second kappa shape index (κ2) is 9.50. The molecular weight excluding hydrogens is 494 g/mol. The first-order valence-electron chi connectivity index (χ1n) is 12.9. The van der Waals surface area contributed by atoms with Crippen molar-refractivity contribution in [1.82, 2.24) is 0 Å². The maximum atomic E-state index is 5.29. The molecule has 0 saturated carbocycles. The Hall–Kier alpha value is -4.80. The Bertz CT molecular complexity index is 2070. The fourth-order valence-electron chi connectivity index (χ4n) is 5.59. The Morgan fingerprint density at radius 2 is 1.36 bits per heavy atom. The minimum absolute atomic E-state index is 0.605. The van der Waals surface area contributed by atoms with Crippen LogP contribution in [0.3, 0.4) is 0 Å². The van der Waals surface area contributed by atoms with E-state index in [4.69, 9.17) is 4.99 Å². The zero-order valence-electron chi connectivity index (χ0n) is 21.5. The Kier molecular flexibility index (Phi) is 5.68. The van der Waals surface area contributed by atoms with Crippen LogP contribution in [0.2, 0.25) is 0 Å². The first-order valence-corrected chi connectivity index (χ1v) is 13.8. The monoisotopic (exact) mass is 519 g/mol. The molecule has 4 heteroatoms. The van der Waals surface area contributed by atoms with Crippen LogP contribution in [-0.2, 0) is 0 Å². The summed E-state index contributed by atoms with van der Waals surface area (Å²) in [7, 11) is 1.97. The highest BCUT2D eigenvalue weighted by Crippen LogP contribution is 2.52. The molecular formula is C35H25N3S. The number of amidine groups is 1. The van der Waals surface area contributed by atoms with Gasteiger partial charge in [-0.15, -0.1) is 11.3 Å². The Morgan fingerprint density at radius 3 is 2.15 bits per heavy atom. The molecule has 6 aromatic carbocycles. The predicted molar refractivity (Wildman–Crippen MR) is 172 cm³/mol. The van der Waals surface area contributed by atoms with E-state index in [1.54, 1.807) is 0 Å². The number of thiophene rings is 1. The van der Waals surface area contributed by atoms with Crippen molar-refractivity contribution >= 4 is 77.0 Å². The Labute approximate surface area is 230 Å². The quantitative estimate of drug-likeness (QED) is 0.182. The van der Waals surface area contributed by atoms with Gasteiger partial charge in [0.15, 0.2) is 5.84 Å². The maximum Gasteiger partial charge on any atom is 0.159 e. The summed E-state index contributed by atoms with van der Waals surface area (Å²) in [5.74, 6) is 0.605. The van der Waals surface area contributed by atoms with E-state index >= 15 is 0 Å². The molecule has 0 amide bonds. The molecule has 39 heavy (non-hydrogen) atoms. The third-order valence-corrected chi connectivity index (χ3v) is 8.63. The zero-order valence-corrected chi connectivity index (χ0v) is 22.3. The second-order valence-electron chi connectivity index (χ2n) is 9.49. The van der Waals surface area contributed by atoms with Crippen LogP contribution in [0.5, 0.6) is 0 Å². The number of hydrogen-bond donors (Lipinski definition) is 1. The van der Waals surface area contributed by atoms with Crippen LogP contribution >= 0.6 is 11.3 Å². The second-order valence-corrected chi connectivity index (χ2v) is 10.5. The third-order valence-electron chi connectivity index (χ3n) is 7.36. The number of aliphatic imine (C=N–C) groups is 2. The highest BCUT2D eigenvalue weighted by molar-refractivity contribution is 7.27. The summed E-state index contributed by atoms with van der Waals surface area (Å²) >= 11 is 1.87. The normalized spacial score (nSPS) is 12.0. The smallest absolute Gasteiger partial charge is 0.159 e. The molecule has 186 valence electrons. The van der Waals surface area contributed by atoms with Crippen molar-refractivity contribution in [1.29, 1.82) is 0 Å². The van der Waals surface area contributed by atoms with Gasteiger partial charge in [-0.2, -0.15) is 0 Å². The van der Waals surface area contributed by atoms with E-state index in [1.807, 2.05) is 48.7 Å². The van der Waals surface area contributed by atoms with Crippen LogP contribution in [0.1, 0.15) is 5.56 Å². The molecule has 0 atom stereocenters. The molecule has 1 heterocycles. The molecule has 1 aromatic heterocycles. The molecule has 7 aromatic rings. The lowest BCUT2D eigenvalue weighted by Crippen LogP contribution is -1.97. The highest BCUT2D eigenvalue weighted by Gasteiger charge is 2.22. The molecule has 0 radical (unpaired) electrons. The van der Waals surface area contributed by atoms with Gasteiger partial charge in [-0.3, -0.25) is 0 Å². The van der Waals surface area contributed by atoms with Gasteiger partial charge in [-0.1, -0.05) is 109 Å². The lowest BCUT2D eigenvalue weighted by atomic mass is 9.91. The van der Waals surface area contributed by atoms with E-state index in [1.165, 1.54) is 36.3 Å². The molecule has 0 fully saturated rings. The number of benzene rings is 6. The van der Waals surface area contributed by atoms with Gasteiger partial charge in [0.05, 0.1) is 5.69 Å². The van der Waals surface area contributed by atoms with E-state index in [2.05, 4.69) is 102 Å². The molecule has 7 rings (SSSR count). The Balaban J connectivity index is 1.73. The van der Waals surface area contributed by atoms with Crippen LogP contribution in [0.25, 0.3) is 52.8 Å². The van der Waals surface area contributed by atoms with Crippen molar-refractivity contribution in [2.45, 2.75) is 0 Å². The average molecular weight is 520 g/mol. The van der Waals surface area contributed by atoms with Gasteiger partial charge < -0.3 is 5.32 Å². The van der Waals surface area contributed by atoms with Crippen LogP contribution < -0.4 is 5.32 Å². The van der Waals surface area contributed by atoms with Crippen molar-refractivity contribution in [3.63, 3.8) is 0 Å². The number of nitrogens with zero attached hydrogens (tertiary/aromatic N) is 2. The highest BCUT2D eigenvalue weighted by atomic mass is 32.1. The van der Waals surface area contributed by atoms with Crippen LogP contribution in [-0.4, -0.2) is 19.6 Å².